The normalized spacial score (nSPS) is 12.5. The average molecular weight is 567 g/mol. The lowest BCUT2D eigenvalue weighted by Crippen LogP contribution is -2.49. The molecule has 0 heterocycles. The fraction of sp³-hybridized carbons (Fsp3) is 0.464. The van der Waals surface area contributed by atoms with Gasteiger partial charge in [0.15, 0.2) is 12.2 Å². The SMILES string of the molecule is Cc1ccc(NCCCCOC(C(=O)NCCCCCc2ccc(F)cc2)C(OCC(=O)O)C(=O)O)cc1Cl. The highest BCUT2D eigenvalue weighted by Crippen LogP contribution is 2.20. The Labute approximate surface area is 232 Å². The van der Waals surface area contributed by atoms with E-state index in [2.05, 4.69) is 10.6 Å². The van der Waals surface area contributed by atoms with Crippen LogP contribution in [-0.2, 0) is 30.3 Å². The van der Waals surface area contributed by atoms with Gasteiger partial charge in [-0.3, -0.25) is 4.79 Å². The van der Waals surface area contributed by atoms with Crippen LogP contribution in [0.1, 0.15) is 43.2 Å². The quantitative estimate of drug-likeness (QED) is 0.183. The Balaban J connectivity index is 1.79. The Morgan fingerprint density at radius 1 is 0.923 bits per heavy atom. The van der Waals surface area contributed by atoms with Crippen LogP contribution in [0.2, 0.25) is 5.02 Å². The van der Waals surface area contributed by atoms with Gasteiger partial charge >= 0.3 is 11.9 Å². The van der Waals surface area contributed by atoms with Gasteiger partial charge in [-0.05, 0) is 74.4 Å². The van der Waals surface area contributed by atoms with E-state index in [1.807, 2.05) is 25.1 Å². The topological polar surface area (TPSA) is 134 Å². The van der Waals surface area contributed by atoms with Crippen LogP contribution in [0.15, 0.2) is 42.5 Å². The first-order valence-electron chi connectivity index (χ1n) is 12.9. The van der Waals surface area contributed by atoms with Crippen LogP contribution in [-0.4, -0.2) is 66.6 Å². The average Bonchev–Trinajstić information content (AvgIpc) is 2.89. The van der Waals surface area contributed by atoms with Crippen LogP contribution in [0.25, 0.3) is 0 Å². The van der Waals surface area contributed by atoms with E-state index in [4.69, 9.17) is 26.2 Å². The van der Waals surface area contributed by atoms with Crippen molar-refractivity contribution in [1.82, 2.24) is 5.32 Å². The summed E-state index contributed by atoms with van der Waals surface area (Å²) in [5.74, 6) is -3.81. The lowest BCUT2D eigenvalue weighted by Gasteiger charge is -2.23. The first-order valence-corrected chi connectivity index (χ1v) is 13.2. The summed E-state index contributed by atoms with van der Waals surface area (Å²) in [6.07, 6.45) is 0.950. The molecular weight excluding hydrogens is 531 g/mol. The van der Waals surface area contributed by atoms with Gasteiger partial charge in [0.2, 0.25) is 0 Å². The molecule has 0 aromatic heterocycles. The van der Waals surface area contributed by atoms with Crippen molar-refractivity contribution in [2.45, 2.75) is 57.7 Å². The molecule has 0 saturated carbocycles. The molecule has 0 fully saturated rings. The van der Waals surface area contributed by atoms with Crippen LogP contribution >= 0.6 is 11.6 Å². The molecule has 2 aromatic rings. The van der Waals surface area contributed by atoms with Gasteiger partial charge in [0, 0.05) is 30.4 Å². The number of carboxylic acids is 2. The van der Waals surface area contributed by atoms with Crippen molar-refractivity contribution >= 4 is 35.1 Å². The minimum Gasteiger partial charge on any atom is -0.480 e. The molecule has 9 nitrogen and oxygen atoms in total. The molecule has 2 unspecified atom stereocenters. The molecule has 214 valence electrons. The Morgan fingerprint density at radius 2 is 1.64 bits per heavy atom. The molecule has 2 rings (SSSR count). The van der Waals surface area contributed by atoms with E-state index in [-0.39, 0.29) is 19.0 Å². The van der Waals surface area contributed by atoms with E-state index in [0.717, 1.165) is 36.1 Å². The number of carbonyl (C=O) groups excluding carboxylic acids is 1. The molecule has 39 heavy (non-hydrogen) atoms. The molecule has 11 heteroatoms. The third-order valence-corrected chi connectivity index (χ3v) is 6.29. The van der Waals surface area contributed by atoms with Crippen molar-refractivity contribution in [3.8, 4) is 0 Å². The lowest BCUT2D eigenvalue weighted by atomic mass is 10.1. The molecular formula is C28H36ClFN2O7. The van der Waals surface area contributed by atoms with Gasteiger partial charge in [-0.1, -0.05) is 36.2 Å². The molecule has 2 aromatic carbocycles. The molecule has 0 radical (unpaired) electrons. The number of anilines is 1. The zero-order valence-electron chi connectivity index (χ0n) is 22.0. The number of halogens is 2. The number of carbonyl (C=O) groups is 3. The minimum atomic E-state index is -1.77. The number of unbranched alkanes of at least 4 members (excludes halogenated alkanes) is 3. The number of hydrogen-bond donors (Lipinski definition) is 4. The molecule has 2 atom stereocenters. The number of rotatable bonds is 19. The van der Waals surface area contributed by atoms with Crippen molar-refractivity contribution in [3.63, 3.8) is 0 Å². The van der Waals surface area contributed by atoms with Crippen LogP contribution in [0.4, 0.5) is 10.1 Å². The third-order valence-electron chi connectivity index (χ3n) is 5.89. The predicted molar refractivity (Wildman–Crippen MR) is 146 cm³/mol. The zero-order valence-corrected chi connectivity index (χ0v) is 22.7. The van der Waals surface area contributed by atoms with Gasteiger partial charge in [-0.25, -0.2) is 14.0 Å². The van der Waals surface area contributed by atoms with Crippen LogP contribution < -0.4 is 10.6 Å². The largest absolute Gasteiger partial charge is 0.480 e. The summed E-state index contributed by atoms with van der Waals surface area (Å²) in [5, 5.41) is 25.0. The number of benzene rings is 2. The Kier molecular flexibility index (Phi) is 14.3. The van der Waals surface area contributed by atoms with Gasteiger partial charge in [-0.15, -0.1) is 0 Å². The standard InChI is InChI=1S/C28H36ClFN2O7/c1-19-8-13-22(17-23(19)29)31-14-5-6-16-38-25(26(28(36)37)39-18-24(33)34)27(35)32-15-4-2-3-7-20-9-11-21(30)12-10-20/h8-13,17,25-26,31H,2-7,14-16,18H2,1H3,(H,32,35)(H,33,34)(H,36,37). The summed E-state index contributed by atoms with van der Waals surface area (Å²) in [6, 6.07) is 11.9. The second-order valence-corrected chi connectivity index (χ2v) is 9.49. The number of hydrogen-bond acceptors (Lipinski definition) is 6. The van der Waals surface area contributed by atoms with Gasteiger partial charge in [0.05, 0.1) is 0 Å². The molecule has 1 amide bonds. The van der Waals surface area contributed by atoms with Crippen molar-refractivity contribution < 1.29 is 38.5 Å². The number of amides is 1. The van der Waals surface area contributed by atoms with Crippen LogP contribution in [0, 0.1) is 12.7 Å². The van der Waals surface area contributed by atoms with Gasteiger partial charge in [0.1, 0.15) is 12.4 Å². The van der Waals surface area contributed by atoms with E-state index in [1.54, 1.807) is 12.1 Å². The molecule has 0 spiro atoms. The van der Waals surface area contributed by atoms with Crippen LogP contribution in [0.3, 0.4) is 0 Å². The van der Waals surface area contributed by atoms with E-state index in [9.17, 15) is 23.9 Å². The molecule has 0 aliphatic carbocycles. The smallest absolute Gasteiger partial charge is 0.336 e. The third kappa shape index (κ3) is 12.5. The Bertz CT molecular complexity index is 1070. The van der Waals surface area contributed by atoms with E-state index in [1.165, 1.54) is 12.1 Å². The first kappa shape index (κ1) is 32.0. The number of carboxylic acid groups (broad SMARTS) is 2. The molecule has 0 aliphatic rings. The van der Waals surface area contributed by atoms with E-state index < -0.39 is 36.7 Å². The summed E-state index contributed by atoms with van der Waals surface area (Å²) in [5.41, 5.74) is 2.86. The maximum Gasteiger partial charge on any atom is 0.336 e. The Morgan fingerprint density at radius 3 is 2.31 bits per heavy atom. The number of nitrogens with one attached hydrogen (secondary N) is 2. The van der Waals surface area contributed by atoms with Gasteiger partial charge in [-0.2, -0.15) is 0 Å². The summed E-state index contributed by atoms with van der Waals surface area (Å²) in [7, 11) is 0. The maximum absolute atomic E-state index is 13.0. The number of aliphatic carboxylic acids is 2. The monoisotopic (exact) mass is 566 g/mol. The first-order chi connectivity index (χ1) is 18.7. The molecule has 4 N–H and O–H groups in total. The molecule has 0 saturated heterocycles. The lowest BCUT2D eigenvalue weighted by molar-refractivity contribution is -0.172. The summed E-state index contributed by atoms with van der Waals surface area (Å²) in [4.78, 5) is 35.5. The second kappa shape index (κ2) is 17.4. The van der Waals surface area contributed by atoms with Crippen molar-refractivity contribution in [1.29, 1.82) is 0 Å². The summed E-state index contributed by atoms with van der Waals surface area (Å²) >= 11 is 6.13. The maximum atomic E-state index is 13.0. The van der Waals surface area contributed by atoms with Crippen molar-refractivity contribution in [2.75, 3.05) is 31.6 Å². The van der Waals surface area contributed by atoms with Crippen molar-refractivity contribution in [3.05, 3.63) is 64.4 Å². The highest BCUT2D eigenvalue weighted by Gasteiger charge is 2.36. The minimum absolute atomic E-state index is 0.0757. The second-order valence-electron chi connectivity index (χ2n) is 9.08. The summed E-state index contributed by atoms with van der Waals surface area (Å²) in [6.45, 7) is 2.01. The van der Waals surface area contributed by atoms with Gasteiger partial charge < -0.3 is 30.3 Å². The zero-order chi connectivity index (χ0) is 28.6. The predicted octanol–water partition coefficient (Wildman–Crippen LogP) is 4.45. The summed E-state index contributed by atoms with van der Waals surface area (Å²) < 4.78 is 23.6. The van der Waals surface area contributed by atoms with Gasteiger partial charge in [0.25, 0.3) is 5.91 Å². The number of aryl methyl sites for hydroxylation is 2. The number of ether oxygens (including phenoxy) is 2. The Hall–Kier alpha value is -3.21. The molecule has 0 bridgehead atoms. The molecule has 0 aliphatic heterocycles. The van der Waals surface area contributed by atoms with Crippen LogP contribution in [0.5, 0.6) is 0 Å². The van der Waals surface area contributed by atoms with E-state index in [0.29, 0.717) is 30.8 Å². The fourth-order valence-electron chi connectivity index (χ4n) is 3.72. The van der Waals surface area contributed by atoms with Crippen molar-refractivity contribution in [2.24, 2.45) is 0 Å². The fourth-order valence-corrected chi connectivity index (χ4v) is 3.90. The highest BCUT2D eigenvalue weighted by atomic mass is 35.5. The highest BCUT2D eigenvalue weighted by molar-refractivity contribution is 6.31. The van der Waals surface area contributed by atoms with E-state index >= 15 is 0 Å².